The van der Waals surface area contributed by atoms with Crippen LogP contribution in [0.15, 0.2) is 30.3 Å². The van der Waals surface area contributed by atoms with Crippen LogP contribution in [0.3, 0.4) is 0 Å². The Bertz CT molecular complexity index is 994. The number of fused-ring (bicyclic) bond motifs is 1. The standard InChI is InChI=1S/C19H18ClN3O2S2/c1-10-4-5-15(12(3)6-10)25-9-17(24)22-18(26)23-19-21-14-8-13(20)11(2)7-16(14)27-19/h4-8H,9H2,1-3H3,(H2,21,22,23,24,26). The van der Waals surface area contributed by atoms with Crippen LogP contribution in [-0.2, 0) is 4.79 Å². The number of rotatable bonds is 4. The summed E-state index contributed by atoms with van der Waals surface area (Å²) in [6, 6.07) is 9.57. The van der Waals surface area contributed by atoms with Gasteiger partial charge in [0, 0.05) is 5.02 Å². The van der Waals surface area contributed by atoms with Crippen LogP contribution in [-0.4, -0.2) is 22.6 Å². The number of ether oxygens (including phenoxy) is 1. The maximum Gasteiger partial charge on any atom is 0.264 e. The van der Waals surface area contributed by atoms with E-state index >= 15 is 0 Å². The first-order valence-corrected chi connectivity index (χ1v) is 9.79. The third-order valence-corrected chi connectivity index (χ3v) is 5.38. The van der Waals surface area contributed by atoms with Crippen molar-refractivity contribution in [3.05, 3.63) is 52.0 Å². The van der Waals surface area contributed by atoms with Crippen LogP contribution in [0.5, 0.6) is 5.75 Å². The lowest BCUT2D eigenvalue weighted by molar-refractivity contribution is -0.121. The molecule has 0 unspecified atom stereocenters. The van der Waals surface area contributed by atoms with Gasteiger partial charge in [-0.3, -0.25) is 10.1 Å². The number of hydrogen-bond acceptors (Lipinski definition) is 5. The molecular weight excluding hydrogens is 402 g/mol. The maximum atomic E-state index is 12.1. The van der Waals surface area contributed by atoms with Crippen LogP contribution in [0, 0.1) is 20.8 Å². The van der Waals surface area contributed by atoms with Gasteiger partial charge in [0.1, 0.15) is 5.75 Å². The fourth-order valence-electron chi connectivity index (χ4n) is 2.50. The fourth-order valence-corrected chi connectivity index (χ4v) is 3.88. The number of anilines is 1. The van der Waals surface area contributed by atoms with Crippen LogP contribution in [0.4, 0.5) is 5.13 Å². The Morgan fingerprint density at radius 1 is 1.22 bits per heavy atom. The van der Waals surface area contributed by atoms with Crippen molar-refractivity contribution in [1.29, 1.82) is 0 Å². The topological polar surface area (TPSA) is 63.2 Å². The summed E-state index contributed by atoms with van der Waals surface area (Å²) in [4.78, 5) is 16.5. The molecule has 0 atom stereocenters. The molecule has 0 fully saturated rings. The van der Waals surface area contributed by atoms with Crippen LogP contribution >= 0.6 is 35.2 Å². The van der Waals surface area contributed by atoms with E-state index in [2.05, 4.69) is 15.6 Å². The molecule has 0 saturated carbocycles. The number of halogens is 1. The molecule has 2 aromatic carbocycles. The van der Waals surface area contributed by atoms with E-state index in [0.717, 1.165) is 26.9 Å². The van der Waals surface area contributed by atoms with E-state index < -0.39 is 0 Å². The molecule has 8 heteroatoms. The number of nitrogens with one attached hydrogen (secondary N) is 2. The molecule has 1 heterocycles. The van der Waals surface area contributed by atoms with Gasteiger partial charge in [0.2, 0.25) is 0 Å². The number of benzene rings is 2. The number of nitrogens with zero attached hydrogens (tertiary/aromatic N) is 1. The smallest absolute Gasteiger partial charge is 0.264 e. The van der Waals surface area contributed by atoms with Crippen LogP contribution < -0.4 is 15.4 Å². The van der Waals surface area contributed by atoms with Crippen LogP contribution in [0.1, 0.15) is 16.7 Å². The number of aryl methyl sites for hydroxylation is 3. The Labute approximate surface area is 171 Å². The van der Waals surface area contributed by atoms with E-state index in [0.29, 0.717) is 15.9 Å². The van der Waals surface area contributed by atoms with Gasteiger partial charge in [-0.15, -0.1) is 0 Å². The first-order chi connectivity index (χ1) is 12.8. The van der Waals surface area contributed by atoms with Gasteiger partial charge in [-0.1, -0.05) is 40.6 Å². The van der Waals surface area contributed by atoms with Gasteiger partial charge in [0.15, 0.2) is 16.9 Å². The molecule has 1 aromatic heterocycles. The Kier molecular flexibility index (Phi) is 5.94. The summed E-state index contributed by atoms with van der Waals surface area (Å²) in [5.41, 5.74) is 3.89. The first-order valence-electron chi connectivity index (χ1n) is 8.19. The second-order valence-corrected chi connectivity index (χ2v) is 7.99. The van der Waals surface area contributed by atoms with Crippen LogP contribution in [0.25, 0.3) is 10.2 Å². The minimum Gasteiger partial charge on any atom is -0.483 e. The van der Waals surface area contributed by atoms with Crippen LogP contribution in [0.2, 0.25) is 5.02 Å². The van der Waals surface area contributed by atoms with E-state index in [1.54, 1.807) is 0 Å². The minimum atomic E-state index is -0.340. The number of hydrogen-bond donors (Lipinski definition) is 2. The molecule has 27 heavy (non-hydrogen) atoms. The van der Waals surface area contributed by atoms with Gasteiger partial charge in [0.05, 0.1) is 10.2 Å². The quantitative estimate of drug-likeness (QED) is 0.596. The first kappa shape index (κ1) is 19.5. The molecule has 0 aliphatic rings. The molecule has 3 aromatic rings. The van der Waals surface area contributed by atoms with Gasteiger partial charge in [0.25, 0.3) is 5.91 Å². The zero-order valence-electron chi connectivity index (χ0n) is 15.1. The number of amides is 1. The molecule has 0 bridgehead atoms. The number of thiocarbonyl (C=S) groups is 1. The van der Waals surface area contributed by atoms with Gasteiger partial charge in [-0.05, 0) is 62.3 Å². The molecule has 1 amide bonds. The average Bonchev–Trinajstić information content (AvgIpc) is 2.95. The molecule has 0 aliphatic heterocycles. The number of carbonyl (C=O) groups excluding carboxylic acids is 1. The largest absolute Gasteiger partial charge is 0.483 e. The lowest BCUT2D eigenvalue weighted by Gasteiger charge is -2.10. The summed E-state index contributed by atoms with van der Waals surface area (Å²) in [6.07, 6.45) is 0. The summed E-state index contributed by atoms with van der Waals surface area (Å²) in [5, 5.41) is 6.95. The van der Waals surface area contributed by atoms with Crippen molar-refractivity contribution >= 4 is 61.5 Å². The van der Waals surface area contributed by atoms with Gasteiger partial charge in [-0.2, -0.15) is 0 Å². The fraction of sp³-hybridized carbons (Fsp3) is 0.211. The Hall–Kier alpha value is -2.22. The Morgan fingerprint density at radius 2 is 2.00 bits per heavy atom. The second kappa shape index (κ2) is 8.21. The van der Waals surface area contributed by atoms with Crippen molar-refractivity contribution in [3.63, 3.8) is 0 Å². The van der Waals surface area contributed by atoms with Crippen molar-refractivity contribution in [2.75, 3.05) is 11.9 Å². The van der Waals surface area contributed by atoms with E-state index in [1.807, 2.05) is 51.1 Å². The predicted octanol–water partition coefficient (Wildman–Crippen LogP) is 4.77. The SMILES string of the molecule is Cc1ccc(OCC(=O)NC(=S)Nc2nc3cc(Cl)c(C)cc3s2)c(C)c1. The Morgan fingerprint density at radius 3 is 2.74 bits per heavy atom. The van der Waals surface area contributed by atoms with E-state index in [9.17, 15) is 4.79 Å². The summed E-state index contributed by atoms with van der Waals surface area (Å²) in [5.74, 6) is 0.334. The van der Waals surface area contributed by atoms with Crippen molar-refractivity contribution in [3.8, 4) is 5.75 Å². The lowest BCUT2D eigenvalue weighted by atomic mass is 10.1. The molecule has 0 radical (unpaired) electrons. The zero-order chi connectivity index (χ0) is 19.6. The molecule has 0 saturated heterocycles. The average molecular weight is 420 g/mol. The molecule has 2 N–H and O–H groups in total. The third-order valence-electron chi connectivity index (χ3n) is 3.83. The summed E-state index contributed by atoms with van der Waals surface area (Å²) >= 11 is 12.7. The van der Waals surface area contributed by atoms with E-state index in [-0.39, 0.29) is 17.6 Å². The van der Waals surface area contributed by atoms with Gasteiger partial charge >= 0.3 is 0 Å². The van der Waals surface area contributed by atoms with Crippen molar-refractivity contribution in [2.45, 2.75) is 20.8 Å². The highest BCUT2D eigenvalue weighted by atomic mass is 35.5. The molecular formula is C19H18ClN3O2S2. The van der Waals surface area contributed by atoms with E-state index in [4.69, 9.17) is 28.6 Å². The molecule has 0 aliphatic carbocycles. The highest BCUT2D eigenvalue weighted by Gasteiger charge is 2.11. The van der Waals surface area contributed by atoms with Crippen molar-refractivity contribution in [1.82, 2.24) is 10.3 Å². The highest BCUT2D eigenvalue weighted by molar-refractivity contribution is 7.80. The number of carbonyl (C=O) groups is 1. The minimum absolute atomic E-state index is 0.125. The number of aromatic nitrogens is 1. The highest BCUT2D eigenvalue weighted by Crippen LogP contribution is 2.30. The van der Waals surface area contributed by atoms with Crippen molar-refractivity contribution in [2.24, 2.45) is 0 Å². The molecule has 0 spiro atoms. The lowest BCUT2D eigenvalue weighted by Crippen LogP contribution is -2.37. The molecule has 3 rings (SSSR count). The third kappa shape index (κ3) is 4.94. The molecule has 5 nitrogen and oxygen atoms in total. The van der Waals surface area contributed by atoms with Crippen molar-refractivity contribution < 1.29 is 9.53 Å². The number of thiazole rings is 1. The monoisotopic (exact) mass is 419 g/mol. The molecule has 140 valence electrons. The second-order valence-electron chi connectivity index (χ2n) is 6.15. The predicted molar refractivity (Wildman–Crippen MR) is 115 cm³/mol. The normalized spacial score (nSPS) is 10.7. The summed E-state index contributed by atoms with van der Waals surface area (Å²) < 4.78 is 6.54. The van der Waals surface area contributed by atoms with E-state index in [1.165, 1.54) is 11.3 Å². The summed E-state index contributed by atoms with van der Waals surface area (Å²) in [6.45, 7) is 5.76. The van der Waals surface area contributed by atoms with Gasteiger partial charge in [-0.25, -0.2) is 4.98 Å². The Balaban J connectivity index is 1.56. The maximum absolute atomic E-state index is 12.1. The zero-order valence-corrected chi connectivity index (χ0v) is 17.4. The van der Waals surface area contributed by atoms with Gasteiger partial charge < -0.3 is 10.1 Å². The summed E-state index contributed by atoms with van der Waals surface area (Å²) in [7, 11) is 0.